The minimum absolute atomic E-state index is 0.225. The summed E-state index contributed by atoms with van der Waals surface area (Å²) in [4.78, 5) is 11.4. The standard InChI is InChI=1S/C14H18F3NO2/c1-9(2)8-18-13(3,12(19)20)10-4-6-11(7-5-10)14(15,16)17/h4-7,9,18H,8H2,1-3H3,(H,19,20). The monoisotopic (exact) mass is 289 g/mol. The number of carbonyl (C=O) groups is 1. The van der Waals surface area contributed by atoms with Gasteiger partial charge in [0, 0.05) is 0 Å². The van der Waals surface area contributed by atoms with Crippen molar-refractivity contribution in [1.82, 2.24) is 5.32 Å². The number of benzene rings is 1. The summed E-state index contributed by atoms with van der Waals surface area (Å²) in [5.74, 6) is -0.902. The van der Waals surface area contributed by atoms with Gasteiger partial charge in [0.25, 0.3) is 0 Å². The Labute approximate surface area is 115 Å². The minimum Gasteiger partial charge on any atom is -0.480 e. The molecular weight excluding hydrogens is 271 g/mol. The Kier molecular flexibility index (Phi) is 4.81. The SMILES string of the molecule is CC(C)CNC(C)(C(=O)O)c1ccc(C(F)(F)F)cc1. The summed E-state index contributed by atoms with van der Waals surface area (Å²) < 4.78 is 37.5. The molecule has 0 aliphatic rings. The van der Waals surface area contributed by atoms with E-state index in [0.29, 0.717) is 12.1 Å². The second-order valence-corrected chi connectivity index (χ2v) is 5.28. The summed E-state index contributed by atoms with van der Waals surface area (Å²) in [7, 11) is 0. The average Bonchev–Trinajstić information content (AvgIpc) is 2.34. The topological polar surface area (TPSA) is 49.3 Å². The van der Waals surface area contributed by atoms with Crippen LogP contribution in [0.25, 0.3) is 0 Å². The van der Waals surface area contributed by atoms with Crippen molar-refractivity contribution in [1.29, 1.82) is 0 Å². The van der Waals surface area contributed by atoms with Crippen LogP contribution in [-0.4, -0.2) is 17.6 Å². The Hall–Kier alpha value is -1.56. The molecule has 0 fully saturated rings. The third-order valence-electron chi connectivity index (χ3n) is 3.08. The van der Waals surface area contributed by atoms with Gasteiger partial charge in [0.05, 0.1) is 5.56 Å². The number of hydrogen-bond donors (Lipinski definition) is 2. The van der Waals surface area contributed by atoms with Crippen LogP contribution < -0.4 is 5.32 Å². The molecule has 20 heavy (non-hydrogen) atoms. The fraction of sp³-hybridized carbons (Fsp3) is 0.500. The lowest BCUT2D eigenvalue weighted by molar-refractivity contribution is -0.144. The Balaban J connectivity index is 3.07. The van der Waals surface area contributed by atoms with Gasteiger partial charge < -0.3 is 5.11 Å². The molecule has 0 amide bonds. The number of carboxylic acids is 1. The first-order valence-corrected chi connectivity index (χ1v) is 6.23. The predicted octanol–water partition coefficient (Wildman–Crippen LogP) is 3.25. The van der Waals surface area contributed by atoms with E-state index in [9.17, 15) is 23.1 Å². The van der Waals surface area contributed by atoms with Crippen molar-refractivity contribution in [3.8, 4) is 0 Å². The summed E-state index contributed by atoms with van der Waals surface area (Å²) in [6.07, 6.45) is -4.43. The molecule has 0 aromatic heterocycles. The van der Waals surface area contributed by atoms with E-state index in [-0.39, 0.29) is 5.92 Å². The molecule has 1 rings (SSSR count). The number of rotatable bonds is 5. The van der Waals surface area contributed by atoms with E-state index in [4.69, 9.17) is 0 Å². The smallest absolute Gasteiger partial charge is 0.416 e. The number of halogens is 3. The first-order chi connectivity index (χ1) is 9.07. The number of nitrogens with one attached hydrogen (secondary N) is 1. The second kappa shape index (κ2) is 5.83. The maximum Gasteiger partial charge on any atom is 0.416 e. The van der Waals surface area contributed by atoms with E-state index in [0.717, 1.165) is 12.1 Å². The highest BCUT2D eigenvalue weighted by Crippen LogP contribution is 2.31. The molecule has 0 radical (unpaired) electrons. The Morgan fingerprint density at radius 1 is 1.20 bits per heavy atom. The molecule has 0 saturated carbocycles. The van der Waals surface area contributed by atoms with Gasteiger partial charge in [-0.15, -0.1) is 0 Å². The van der Waals surface area contributed by atoms with E-state index >= 15 is 0 Å². The van der Waals surface area contributed by atoms with Crippen LogP contribution in [0, 0.1) is 5.92 Å². The fourth-order valence-electron chi connectivity index (χ4n) is 1.70. The highest BCUT2D eigenvalue weighted by Gasteiger charge is 2.36. The molecule has 1 atom stereocenters. The van der Waals surface area contributed by atoms with E-state index in [1.54, 1.807) is 0 Å². The van der Waals surface area contributed by atoms with Gasteiger partial charge in [-0.1, -0.05) is 26.0 Å². The van der Waals surface area contributed by atoms with Crippen LogP contribution >= 0.6 is 0 Å². The molecule has 1 aromatic rings. The molecule has 3 nitrogen and oxygen atoms in total. The lowest BCUT2D eigenvalue weighted by Crippen LogP contribution is -2.48. The van der Waals surface area contributed by atoms with E-state index in [1.165, 1.54) is 19.1 Å². The zero-order valence-corrected chi connectivity index (χ0v) is 11.6. The van der Waals surface area contributed by atoms with E-state index in [2.05, 4.69) is 5.32 Å². The van der Waals surface area contributed by atoms with Crippen molar-refractivity contribution < 1.29 is 23.1 Å². The Morgan fingerprint density at radius 2 is 1.65 bits per heavy atom. The molecule has 0 bridgehead atoms. The van der Waals surface area contributed by atoms with Gasteiger partial charge in [-0.05, 0) is 37.1 Å². The number of carboxylic acid groups (broad SMARTS) is 1. The first kappa shape index (κ1) is 16.5. The average molecular weight is 289 g/mol. The first-order valence-electron chi connectivity index (χ1n) is 6.23. The quantitative estimate of drug-likeness (QED) is 0.874. The van der Waals surface area contributed by atoms with Crippen LogP contribution in [0.3, 0.4) is 0 Å². The highest BCUT2D eigenvalue weighted by atomic mass is 19.4. The molecule has 6 heteroatoms. The number of aliphatic carboxylic acids is 1. The van der Waals surface area contributed by atoms with Crippen LogP contribution in [0.2, 0.25) is 0 Å². The maximum atomic E-state index is 12.5. The largest absolute Gasteiger partial charge is 0.480 e. The van der Waals surface area contributed by atoms with Gasteiger partial charge in [-0.2, -0.15) is 13.2 Å². The molecular formula is C14H18F3NO2. The zero-order chi connectivity index (χ0) is 15.6. The van der Waals surface area contributed by atoms with Crippen LogP contribution in [0.15, 0.2) is 24.3 Å². The predicted molar refractivity (Wildman–Crippen MR) is 69.3 cm³/mol. The lowest BCUT2D eigenvalue weighted by Gasteiger charge is -2.28. The molecule has 112 valence electrons. The molecule has 0 spiro atoms. The van der Waals surface area contributed by atoms with E-state index < -0.39 is 23.2 Å². The lowest BCUT2D eigenvalue weighted by atomic mass is 9.90. The van der Waals surface area contributed by atoms with Crippen molar-refractivity contribution in [2.45, 2.75) is 32.5 Å². The third-order valence-corrected chi connectivity index (χ3v) is 3.08. The molecule has 1 aromatic carbocycles. The minimum atomic E-state index is -4.43. The van der Waals surface area contributed by atoms with Crippen molar-refractivity contribution in [2.24, 2.45) is 5.92 Å². The van der Waals surface area contributed by atoms with Crippen molar-refractivity contribution in [2.75, 3.05) is 6.54 Å². The van der Waals surface area contributed by atoms with Gasteiger partial charge in [0.2, 0.25) is 0 Å². The van der Waals surface area contributed by atoms with Crippen molar-refractivity contribution in [3.05, 3.63) is 35.4 Å². The van der Waals surface area contributed by atoms with Crippen molar-refractivity contribution in [3.63, 3.8) is 0 Å². The van der Waals surface area contributed by atoms with Crippen LogP contribution in [0.4, 0.5) is 13.2 Å². The normalized spacial score (nSPS) is 15.2. The van der Waals surface area contributed by atoms with Gasteiger partial charge in [-0.25, -0.2) is 4.79 Å². The summed E-state index contributed by atoms with van der Waals surface area (Å²) in [6, 6.07) is 4.19. The summed E-state index contributed by atoms with van der Waals surface area (Å²) in [5.41, 5.74) is -1.91. The number of hydrogen-bond acceptors (Lipinski definition) is 2. The van der Waals surface area contributed by atoms with Gasteiger partial charge in [0.15, 0.2) is 0 Å². The van der Waals surface area contributed by atoms with Gasteiger partial charge in [0.1, 0.15) is 5.54 Å². The Bertz CT molecular complexity index is 468. The second-order valence-electron chi connectivity index (χ2n) is 5.28. The third kappa shape index (κ3) is 3.72. The molecule has 0 heterocycles. The van der Waals surface area contributed by atoms with Crippen molar-refractivity contribution >= 4 is 5.97 Å². The molecule has 0 aliphatic heterocycles. The van der Waals surface area contributed by atoms with E-state index in [1.807, 2.05) is 13.8 Å². The Morgan fingerprint density at radius 3 is 2.00 bits per heavy atom. The van der Waals surface area contributed by atoms with Crippen LogP contribution in [0.5, 0.6) is 0 Å². The summed E-state index contributed by atoms with van der Waals surface area (Å²) in [5, 5.41) is 12.2. The highest BCUT2D eigenvalue weighted by molar-refractivity contribution is 5.80. The molecule has 1 unspecified atom stereocenters. The summed E-state index contributed by atoms with van der Waals surface area (Å²) in [6.45, 7) is 5.73. The maximum absolute atomic E-state index is 12.5. The fourth-order valence-corrected chi connectivity index (χ4v) is 1.70. The molecule has 0 aliphatic carbocycles. The van der Waals surface area contributed by atoms with Crippen LogP contribution in [0.1, 0.15) is 31.9 Å². The molecule has 2 N–H and O–H groups in total. The van der Waals surface area contributed by atoms with Gasteiger partial charge >= 0.3 is 12.1 Å². The summed E-state index contributed by atoms with van der Waals surface area (Å²) >= 11 is 0. The zero-order valence-electron chi connectivity index (χ0n) is 11.6. The number of alkyl halides is 3. The molecule has 0 saturated heterocycles. The van der Waals surface area contributed by atoms with Gasteiger partial charge in [-0.3, -0.25) is 5.32 Å². The van der Waals surface area contributed by atoms with Crippen LogP contribution in [-0.2, 0) is 16.5 Å².